The second-order valence-corrected chi connectivity index (χ2v) is 7.62. The Hall–Kier alpha value is -1.53. The van der Waals surface area contributed by atoms with Gasteiger partial charge in [-0.15, -0.1) is 0 Å². The van der Waals surface area contributed by atoms with Crippen molar-refractivity contribution in [1.29, 1.82) is 0 Å². The van der Waals surface area contributed by atoms with Crippen LogP contribution >= 0.6 is 47.2 Å². The number of hydrogen-bond acceptors (Lipinski definition) is 4. The first-order valence-corrected chi connectivity index (χ1v) is 9.41. The zero-order valence-electron chi connectivity index (χ0n) is 12.9. The normalized spacial score (nSPS) is 15.9. The number of carbonyl (C=O) groups excluding carboxylic acids is 1. The Balaban J connectivity index is 1.69. The average Bonchev–Trinajstić information content (AvgIpc) is 2.86. The number of rotatable bonds is 5. The summed E-state index contributed by atoms with van der Waals surface area (Å²) in [5.74, 6) is 0.592. The largest absolute Gasteiger partial charge is 0.492 e. The number of thioether (sulfide) groups is 1. The van der Waals surface area contributed by atoms with Crippen LogP contribution < -0.4 is 4.74 Å². The molecule has 0 spiro atoms. The standard InChI is InChI=1S/C18H13Cl2NO2S2/c19-14-7-4-8-15(20)13(14)11-16-17(22)21(18(24)25-16)9-10-23-12-5-2-1-3-6-12/h1-8,11H,9-10H2. The number of benzene rings is 2. The topological polar surface area (TPSA) is 29.5 Å². The quantitative estimate of drug-likeness (QED) is 0.496. The Morgan fingerprint density at radius 3 is 2.44 bits per heavy atom. The molecule has 2 aromatic carbocycles. The minimum absolute atomic E-state index is 0.164. The molecule has 1 amide bonds. The van der Waals surface area contributed by atoms with E-state index in [4.69, 9.17) is 40.2 Å². The molecule has 1 fully saturated rings. The molecule has 0 aromatic heterocycles. The zero-order chi connectivity index (χ0) is 17.8. The summed E-state index contributed by atoms with van der Waals surface area (Å²) in [5.41, 5.74) is 0.617. The van der Waals surface area contributed by atoms with Crippen molar-refractivity contribution in [3.63, 3.8) is 0 Å². The summed E-state index contributed by atoms with van der Waals surface area (Å²) in [6.45, 7) is 0.740. The van der Waals surface area contributed by atoms with E-state index in [-0.39, 0.29) is 5.91 Å². The Morgan fingerprint density at radius 2 is 1.76 bits per heavy atom. The van der Waals surface area contributed by atoms with Crippen molar-refractivity contribution < 1.29 is 9.53 Å². The van der Waals surface area contributed by atoms with Gasteiger partial charge in [-0.25, -0.2) is 0 Å². The summed E-state index contributed by atoms with van der Waals surface area (Å²) in [5, 5.41) is 0.982. The first-order chi connectivity index (χ1) is 12.1. The summed E-state index contributed by atoms with van der Waals surface area (Å²) in [6, 6.07) is 14.7. The third-order valence-corrected chi connectivity index (χ3v) is 5.51. The van der Waals surface area contributed by atoms with Crippen molar-refractivity contribution in [2.45, 2.75) is 0 Å². The number of hydrogen-bond donors (Lipinski definition) is 0. The molecule has 25 heavy (non-hydrogen) atoms. The van der Waals surface area contributed by atoms with Crippen LogP contribution in [-0.2, 0) is 4.79 Å². The van der Waals surface area contributed by atoms with Gasteiger partial charge in [-0.3, -0.25) is 9.69 Å². The van der Waals surface area contributed by atoms with Crippen LogP contribution in [-0.4, -0.2) is 28.3 Å². The lowest BCUT2D eigenvalue weighted by Crippen LogP contribution is -2.32. The number of nitrogens with zero attached hydrogens (tertiary/aromatic N) is 1. The van der Waals surface area contributed by atoms with Crippen molar-refractivity contribution in [2.75, 3.05) is 13.2 Å². The molecule has 1 saturated heterocycles. The molecule has 0 bridgehead atoms. The second-order valence-electron chi connectivity index (χ2n) is 5.13. The van der Waals surface area contributed by atoms with Crippen LogP contribution in [0.5, 0.6) is 5.75 Å². The Bertz CT molecular complexity index is 820. The van der Waals surface area contributed by atoms with Crippen LogP contribution in [0.25, 0.3) is 6.08 Å². The van der Waals surface area contributed by atoms with Crippen LogP contribution in [0.4, 0.5) is 0 Å². The molecule has 3 rings (SSSR count). The van der Waals surface area contributed by atoms with Gasteiger partial charge in [0.25, 0.3) is 5.91 Å². The lowest BCUT2D eigenvalue weighted by Gasteiger charge is -2.14. The van der Waals surface area contributed by atoms with Gasteiger partial charge in [-0.05, 0) is 30.3 Å². The molecule has 0 saturated carbocycles. The molecule has 7 heteroatoms. The fourth-order valence-corrected chi connectivity index (χ4v) is 4.04. The lowest BCUT2D eigenvalue weighted by atomic mass is 10.2. The summed E-state index contributed by atoms with van der Waals surface area (Å²) < 4.78 is 6.13. The third-order valence-electron chi connectivity index (χ3n) is 3.48. The van der Waals surface area contributed by atoms with E-state index in [1.54, 1.807) is 24.3 Å². The van der Waals surface area contributed by atoms with E-state index in [0.29, 0.717) is 38.0 Å². The molecule has 1 aliphatic rings. The van der Waals surface area contributed by atoms with Gasteiger partial charge in [0.15, 0.2) is 0 Å². The summed E-state index contributed by atoms with van der Waals surface area (Å²) in [7, 11) is 0. The molecule has 0 aliphatic carbocycles. The van der Waals surface area contributed by atoms with Gasteiger partial charge in [0.05, 0.1) is 11.4 Å². The minimum atomic E-state index is -0.164. The van der Waals surface area contributed by atoms with Crippen molar-refractivity contribution in [1.82, 2.24) is 4.90 Å². The highest BCUT2D eigenvalue weighted by atomic mass is 35.5. The molecule has 0 radical (unpaired) electrons. The van der Waals surface area contributed by atoms with Crippen molar-refractivity contribution in [2.24, 2.45) is 0 Å². The van der Waals surface area contributed by atoms with Gasteiger partial charge in [-0.1, -0.05) is 71.4 Å². The number of para-hydroxylation sites is 1. The van der Waals surface area contributed by atoms with Gasteiger partial charge in [0, 0.05) is 15.6 Å². The van der Waals surface area contributed by atoms with Gasteiger partial charge in [0.2, 0.25) is 0 Å². The van der Waals surface area contributed by atoms with Crippen LogP contribution in [0.3, 0.4) is 0 Å². The number of amides is 1. The number of carbonyl (C=O) groups is 1. The average molecular weight is 410 g/mol. The molecular formula is C18H13Cl2NO2S2. The number of ether oxygens (including phenoxy) is 1. The second kappa shape index (κ2) is 8.23. The van der Waals surface area contributed by atoms with Crippen LogP contribution in [0, 0.1) is 0 Å². The minimum Gasteiger partial charge on any atom is -0.492 e. The maximum Gasteiger partial charge on any atom is 0.266 e. The van der Waals surface area contributed by atoms with E-state index in [9.17, 15) is 4.79 Å². The Labute approximate surface area is 165 Å². The molecule has 128 valence electrons. The van der Waals surface area contributed by atoms with Crippen molar-refractivity contribution >= 4 is 63.5 Å². The number of halogens is 2. The van der Waals surface area contributed by atoms with E-state index < -0.39 is 0 Å². The highest BCUT2D eigenvalue weighted by Gasteiger charge is 2.32. The fourth-order valence-electron chi connectivity index (χ4n) is 2.24. The van der Waals surface area contributed by atoms with E-state index in [1.165, 1.54) is 16.7 Å². The summed E-state index contributed by atoms with van der Waals surface area (Å²) in [6.07, 6.45) is 1.68. The molecule has 2 aromatic rings. The molecule has 1 aliphatic heterocycles. The molecule has 3 nitrogen and oxygen atoms in total. The van der Waals surface area contributed by atoms with Gasteiger partial charge < -0.3 is 4.74 Å². The van der Waals surface area contributed by atoms with Crippen molar-refractivity contribution in [3.05, 3.63) is 69.0 Å². The molecule has 0 N–H and O–H groups in total. The fraction of sp³-hybridized carbons (Fsp3) is 0.111. The van der Waals surface area contributed by atoms with E-state index in [1.807, 2.05) is 30.3 Å². The molecule has 0 atom stereocenters. The highest BCUT2D eigenvalue weighted by molar-refractivity contribution is 8.26. The predicted octanol–water partition coefficient (Wildman–Crippen LogP) is 5.27. The Kier molecular flexibility index (Phi) is 6.02. The van der Waals surface area contributed by atoms with Gasteiger partial charge >= 0.3 is 0 Å². The molecule has 0 unspecified atom stereocenters. The SMILES string of the molecule is O=C1C(=Cc2c(Cl)cccc2Cl)SC(=S)N1CCOc1ccccc1. The van der Waals surface area contributed by atoms with Gasteiger partial charge in [0.1, 0.15) is 16.7 Å². The van der Waals surface area contributed by atoms with Crippen LogP contribution in [0.2, 0.25) is 10.0 Å². The zero-order valence-corrected chi connectivity index (χ0v) is 16.1. The molecule has 1 heterocycles. The first-order valence-electron chi connectivity index (χ1n) is 7.43. The van der Waals surface area contributed by atoms with Crippen molar-refractivity contribution in [3.8, 4) is 5.75 Å². The van der Waals surface area contributed by atoms with E-state index in [0.717, 1.165) is 5.75 Å². The van der Waals surface area contributed by atoms with E-state index >= 15 is 0 Å². The predicted molar refractivity (Wildman–Crippen MR) is 108 cm³/mol. The monoisotopic (exact) mass is 409 g/mol. The first kappa shape index (κ1) is 18.3. The summed E-state index contributed by atoms with van der Waals surface area (Å²) >= 11 is 18.9. The lowest BCUT2D eigenvalue weighted by molar-refractivity contribution is -0.122. The summed E-state index contributed by atoms with van der Waals surface area (Å²) in [4.78, 5) is 14.6. The van der Waals surface area contributed by atoms with Crippen LogP contribution in [0.1, 0.15) is 5.56 Å². The van der Waals surface area contributed by atoms with E-state index in [2.05, 4.69) is 0 Å². The highest BCUT2D eigenvalue weighted by Crippen LogP contribution is 2.35. The maximum atomic E-state index is 12.6. The maximum absolute atomic E-state index is 12.6. The van der Waals surface area contributed by atoms with Crippen LogP contribution in [0.15, 0.2) is 53.4 Å². The molecular weight excluding hydrogens is 397 g/mol. The Morgan fingerprint density at radius 1 is 1.08 bits per heavy atom. The smallest absolute Gasteiger partial charge is 0.266 e. The number of thiocarbonyl (C=S) groups is 1. The third kappa shape index (κ3) is 4.36. The van der Waals surface area contributed by atoms with Gasteiger partial charge in [-0.2, -0.15) is 0 Å².